The molecule has 0 saturated carbocycles. The van der Waals surface area contributed by atoms with Crippen molar-refractivity contribution in [2.45, 2.75) is 13.8 Å². The quantitative estimate of drug-likeness (QED) is 0.256. The predicted molar refractivity (Wildman–Crippen MR) is 105 cm³/mol. The summed E-state index contributed by atoms with van der Waals surface area (Å²) >= 11 is 0. The van der Waals surface area contributed by atoms with Gasteiger partial charge in [-0.2, -0.15) is 0 Å². The van der Waals surface area contributed by atoms with E-state index in [1.165, 1.54) is 0 Å². The molecular formula is C22H15F3N2O3. The Morgan fingerprint density at radius 2 is 1.33 bits per heavy atom. The van der Waals surface area contributed by atoms with E-state index >= 15 is 4.39 Å². The van der Waals surface area contributed by atoms with Crippen LogP contribution < -0.4 is 11.1 Å². The fourth-order valence-corrected chi connectivity index (χ4v) is 3.67. The molecule has 0 bridgehead atoms. The van der Waals surface area contributed by atoms with Gasteiger partial charge >= 0.3 is 0 Å². The Bertz CT molecular complexity index is 1270. The second-order valence-corrected chi connectivity index (χ2v) is 7.04. The van der Waals surface area contributed by atoms with Gasteiger partial charge in [0.2, 0.25) is 5.78 Å². The number of carbonyl (C=O) groups is 2. The zero-order valence-corrected chi connectivity index (χ0v) is 15.9. The number of nitrogens with one attached hydrogen (secondary N) is 1. The van der Waals surface area contributed by atoms with Gasteiger partial charge in [-0.1, -0.05) is 18.2 Å². The average Bonchev–Trinajstić information content (AvgIpc) is 2.69. The maximum absolute atomic E-state index is 15.3. The lowest BCUT2D eigenvalue weighted by Gasteiger charge is -2.23. The molecule has 0 spiro atoms. The lowest BCUT2D eigenvalue weighted by Crippen LogP contribution is -2.27. The van der Waals surface area contributed by atoms with Crippen molar-refractivity contribution in [1.82, 2.24) is 0 Å². The van der Waals surface area contributed by atoms with Gasteiger partial charge in [-0.15, -0.1) is 0 Å². The van der Waals surface area contributed by atoms with Crippen LogP contribution in [0.25, 0.3) is 0 Å². The molecule has 0 aromatic heterocycles. The molecule has 8 heteroatoms. The number of anilines is 3. The van der Waals surface area contributed by atoms with E-state index in [-0.39, 0.29) is 5.69 Å². The number of halogens is 3. The van der Waals surface area contributed by atoms with Gasteiger partial charge in [-0.05, 0) is 37.1 Å². The van der Waals surface area contributed by atoms with Crippen LogP contribution in [0.5, 0.6) is 5.75 Å². The van der Waals surface area contributed by atoms with Crippen molar-refractivity contribution in [2.75, 3.05) is 11.1 Å². The molecule has 0 fully saturated rings. The lowest BCUT2D eigenvalue weighted by atomic mass is 9.81. The van der Waals surface area contributed by atoms with Crippen molar-refractivity contribution in [1.29, 1.82) is 0 Å². The highest BCUT2D eigenvalue weighted by atomic mass is 19.2. The topological polar surface area (TPSA) is 92.4 Å². The highest BCUT2D eigenvalue weighted by Gasteiger charge is 2.41. The molecular weight excluding hydrogens is 397 g/mol. The van der Waals surface area contributed by atoms with Gasteiger partial charge < -0.3 is 16.2 Å². The van der Waals surface area contributed by atoms with Crippen LogP contribution in [0.4, 0.5) is 30.2 Å². The molecule has 1 aliphatic rings. The van der Waals surface area contributed by atoms with Crippen molar-refractivity contribution in [3.8, 4) is 5.75 Å². The number of nitrogen functional groups attached to an aromatic ring is 1. The Labute approximate surface area is 169 Å². The third-order valence-corrected chi connectivity index (χ3v) is 5.18. The van der Waals surface area contributed by atoms with Crippen molar-refractivity contribution in [3.05, 3.63) is 81.2 Å². The van der Waals surface area contributed by atoms with E-state index in [9.17, 15) is 23.5 Å². The number of nitrogens with two attached hydrogens (primary N) is 1. The van der Waals surface area contributed by atoms with Gasteiger partial charge in [-0.3, -0.25) is 9.59 Å². The molecule has 30 heavy (non-hydrogen) atoms. The maximum atomic E-state index is 15.3. The Morgan fingerprint density at radius 1 is 0.767 bits per heavy atom. The van der Waals surface area contributed by atoms with Crippen molar-refractivity contribution >= 4 is 28.6 Å². The number of hydrogen-bond donors (Lipinski definition) is 3. The van der Waals surface area contributed by atoms with Crippen LogP contribution in [-0.4, -0.2) is 16.7 Å². The summed E-state index contributed by atoms with van der Waals surface area (Å²) in [6, 6.07) is 7.33. The zero-order valence-electron chi connectivity index (χ0n) is 15.9. The summed E-state index contributed by atoms with van der Waals surface area (Å²) in [5, 5.41) is 12.5. The third-order valence-electron chi connectivity index (χ3n) is 5.18. The highest BCUT2D eigenvalue weighted by molar-refractivity contribution is 6.31. The number of phenolic OH excluding ortho intramolecular Hbond substituents is 1. The maximum Gasteiger partial charge on any atom is 0.201 e. The Kier molecular flexibility index (Phi) is 4.30. The van der Waals surface area contributed by atoms with E-state index in [0.29, 0.717) is 16.8 Å². The summed E-state index contributed by atoms with van der Waals surface area (Å²) in [5.74, 6) is -7.74. The fourth-order valence-electron chi connectivity index (χ4n) is 3.67. The first kappa shape index (κ1) is 19.5. The Morgan fingerprint density at radius 3 is 1.97 bits per heavy atom. The Hall–Kier alpha value is -3.81. The van der Waals surface area contributed by atoms with E-state index in [1.807, 2.05) is 0 Å². The zero-order chi connectivity index (χ0) is 21.9. The van der Waals surface area contributed by atoms with Gasteiger partial charge in [0.1, 0.15) is 11.4 Å². The molecule has 3 aromatic carbocycles. The largest absolute Gasteiger partial charge is 0.507 e. The van der Waals surface area contributed by atoms with Crippen molar-refractivity contribution < 1.29 is 27.9 Å². The average molecular weight is 412 g/mol. The molecule has 1 aliphatic carbocycles. The summed E-state index contributed by atoms with van der Waals surface area (Å²) in [4.78, 5) is 25.7. The van der Waals surface area contributed by atoms with E-state index in [1.54, 1.807) is 32.0 Å². The molecule has 0 heterocycles. The lowest BCUT2D eigenvalue weighted by molar-refractivity contribution is 0.0969. The second kappa shape index (κ2) is 6.62. The molecule has 4 N–H and O–H groups in total. The number of benzene rings is 3. The SMILES string of the molecule is Cc1cccc(C)c1Nc1c(F)c(F)c2c(c1F)C(=O)c1c(N)ccc(O)c1C2=O. The molecule has 0 aliphatic heterocycles. The molecule has 5 nitrogen and oxygen atoms in total. The van der Waals surface area contributed by atoms with Crippen molar-refractivity contribution in [3.63, 3.8) is 0 Å². The number of carbonyl (C=O) groups excluding carboxylic acids is 2. The smallest absolute Gasteiger partial charge is 0.201 e. The standard InChI is InChI=1S/C22H15F3N2O3/c1-8-4-3-5-9(2)19(8)27-20-17(24)15-14(16(23)18(20)25)22(30)13-11(28)7-6-10(26)12(13)21(15)29/h3-7,27-28H,26H2,1-2H3. The van der Waals surface area contributed by atoms with Gasteiger partial charge in [0.05, 0.1) is 22.3 Å². The van der Waals surface area contributed by atoms with Crippen LogP contribution in [0.2, 0.25) is 0 Å². The van der Waals surface area contributed by atoms with Crippen LogP contribution >= 0.6 is 0 Å². The minimum Gasteiger partial charge on any atom is -0.507 e. The van der Waals surface area contributed by atoms with Gasteiger partial charge in [0.25, 0.3) is 0 Å². The molecule has 152 valence electrons. The van der Waals surface area contributed by atoms with Gasteiger partial charge in [0.15, 0.2) is 23.2 Å². The normalized spacial score (nSPS) is 12.6. The summed E-state index contributed by atoms with van der Waals surface area (Å²) < 4.78 is 45.1. The molecule has 0 unspecified atom stereocenters. The first-order chi connectivity index (χ1) is 14.1. The van der Waals surface area contributed by atoms with Crippen LogP contribution in [0.1, 0.15) is 43.0 Å². The van der Waals surface area contributed by atoms with Gasteiger partial charge in [0, 0.05) is 11.4 Å². The number of aryl methyl sites for hydroxylation is 2. The molecule has 0 saturated heterocycles. The van der Waals surface area contributed by atoms with E-state index in [4.69, 9.17) is 5.73 Å². The number of fused-ring (bicyclic) bond motifs is 2. The molecule has 0 amide bonds. The monoisotopic (exact) mass is 412 g/mol. The Balaban J connectivity index is 2.00. The summed E-state index contributed by atoms with van der Waals surface area (Å²) in [7, 11) is 0. The summed E-state index contributed by atoms with van der Waals surface area (Å²) in [6.45, 7) is 3.38. The van der Waals surface area contributed by atoms with E-state index < -0.39 is 62.7 Å². The van der Waals surface area contributed by atoms with E-state index in [0.717, 1.165) is 12.1 Å². The fraction of sp³-hybridized carbons (Fsp3) is 0.0909. The number of rotatable bonds is 2. The van der Waals surface area contributed by atoms with Crippen molar-refractivity contribution in [2.24, 2.45) is 0 Å². The number of para-hydroxylation sites is 1. The number of aromatic hydroxyl groups is 1. The van der Waals surface area contributed by atoms with Crippen LogP contribution in [0.3, 0.4) is 0 Å². The van der Waals surface area contributed by atoms with Crippen LogP contribution in [-0.2, 0) is 0 Å². The minimum atomic E-state index is -1.69. The number of phenols is 1. The highest BCUT2D eigenvalue weighted by Crippen LogP contribution is 2.41. The second-order valence-electron chi connectivity index (χ2n) is 7.04. The van der Waals surface area contributed by atoms with E-state index in [2.05, 4.69) is 5.32 Å². The number of ketones is 2. The molecule has 3 aromatic rings. The molecule has 4 rings (SSSR count). The molecule has 0 radical (unpaired) electrons. The first-order valence-corrected chi connectivity index (χ1v) is 8.89. The first-order valence-electron chi connectivity index (χ1n) is 8.89. The predicted octanol–water partition coefficient (Wildman–Crippen LogP) is 4.53. The van der Waals surface area contributed by atoms with Gasteiger partial charge in [-0.25, -0.2) is 13.2 Å². The van der Waals surface area contributed by atoms with Crippen LogP contribution in [0, 0.1) is 31.3 Å². The summed E-state index contributed by atoms with van der Waals surface area (Å²) in [6.07, 6.45) is 0. The third kappa shape index (κ3) is 2.57. The summed E-state index contributed by atoms with van der Waals surface area (Å²) in [5.41, 5.74) is 3.22. The molecule has 0 atom stereocenters. The minimum absolute atomic E-state index is 0.194. The number of hydrogen-bond acceptors (Lipinski definition) is 5. The van der Waals surface area contributed by atoms with Crippen LogP contribution in [0.15, 0.2) is 30.3 Å².